The van der Waals surface area contributed by atoms with E-state index < -0.39 is 6.43 Å². The summed E-state index contributed by atoms with van der Waals surface area (Å²) in [6, 6.07) is 7.18. The van der Waals surface area contributed by atoms with Crippen molar-refractivity contribution in [3.63, 3.8) is 0 Å². The molecule has 0 fully saturated rings. The predicted molar refractivity (Wildman–Crippen MR) is 48.8 cm³/mol. The van der Waals surface area contributed by atoms with Gasteiger partial charge in [0.25, 0.3) is 0 Å². The van der Waals surface area contributed by atoms with Gasteiger partial charge < -0.3 is 0 Å². The predicted octanol–water partition coefficient (Wildman–Crippen LogP) is 3.39. The molecule has 0 aliphatic rings. The Morgan fingerprint density at radius 1 is 1.08 bits per heavy atom. The average Bonchev–Trinajstić information content (AvgIpc) is 2.05. The standard InChI is InChI=1S/C9H9BrF2/c10-6-8-3-1-7(2-4-8)5-9(11)12/h1-4,9H,5-6H2. The van der Waals surface area contributed by atoms with Crippen molar-refractivity contribution < 1.29 is 8.78 Å². The summed E-state index contributed by atoms with van der Waals surface area (Å²) in [6.07, 6.45) is -2.40. The van der Waals surface area contributed by atoms with Gasteiger partial charge in [0.2, 0.25) is 6.43 Å². The molecular formula is C9H9BrF2. The van der Waals surface area contributed by atoms with Crippen molar-refractivity contribution in [1.82, 2.24) is 0 Å². The van der Waals surface area contributed by atoms with E-state index >= 15 is 0 Å². The molecule has 1 rings (SSSR count). The normalized spacial score (nSPS) is 10.7. The van der Waals surface area contributed by atoms with E-state index in [2.05, 4.69) is 15.9 Å². The molecule has 0 bridgehead atoms. The van der Waals surface area contributed by atoms with Crippen molar-refractivity contribution >= 4 is 15.9 Å². The fourth-order valence-electron chi connectivity index (χ4n) is 0.943. The third-order valence-corrected chi connectivity index (χ3v) is 2.21. The van der Waals surface area contributed by atoms with Crippen molar-refractivity contribution in [2.24, 2.45) is 0 Å². The fourth-order valence-corrected chi connectivity index (χ4v) is 1.32. The van der Waals surface area contributed by atoms with Crippen molar-refractivity contribution in [3.8, 4) is 0 Å². The highest BCUT2D eigenvalue weighted by Gasteiger charge is 2.03. The van der Waals surface area contributed by atoms with E-state index in [0.717, 1.165) is 10.9 Å². The molecule has 0 heterocycles. The topological polar surface area (TPSA) is 0 Å². The molecule has 0 aliphatic heterocycles. The average molecular weight is 235 g/mol. The van der Waals surface area contributed by atoms with Gasteiger partial charge in [-0.15, -0.1) is 0 Å². The van der Waals surface area contributed by atoms with Crippen LogP contribution in [0.15, 0.2) is 24.3 Å². The summed E-state index contributed by atoms with van der Waals surface area (Å²) < 4.78 is 23.8. The second kappa shape index (κ2) is 4.55. The molecule has 0 amide bonds. The lowest BCUT2D eigenvalue weighted by Gasteiger charge is -2.00. The Balaban J connectivity index is 2.65. The molecule has 0 N–H and O–H groups in total. The summed E-state index contributed by atoms with van der Waals surface area (Å²) in [5.41, 5.74) is 1.79. The van der Waals surface area contributed by atoms with E-state index in [1.165, 1.54) is 0 Å². The highest BCUT2D eigenvalue weighted by Crippen LogP contribution is 2.11. The second-order valence-corrected chi connectivity index (χ2v) is 3.11. The first-order valence-electron chi connectivity index (χ1n) is 3.64. The van der Waals surface area contributed by atoms with E-state index in [1.807, 2.05) is 12.1 Å². The third-order valence-electron chi connectivity index (χ3n) is 1.57. The van der Waals surface area contributed by atoms with Crippen LogP contribution in [0.2, 0.25) is 0 Å². The first kappa shape index (κ1) is 9.65. The SMILES string of the molecule is FC(F)Cc1ccc(CBr)cc1. The fraction of sp³-hybridized carbons (Fsp3) is 0.333. The number of hydrogen-bond donors (Lipinski definition) is 0. The number of benzene rings is 1. The molecule has 0 saturated carbocycles. The Labute approximate surface area is 78.7 Å². The largest absolute Gasteiger partial charge is 0.242 e. The number of hydrogen-bond acceptors (Lipinski definition) is 0. The van der Waals surface area contributed by atoms with Crippen molar-refractivity contribution in [3.05, 3.63) is 35.4 Å². The maximum absolute atomic E-state index is 11.9. The van der Waals surface area contributed by atoms with Crippen LogP contribution in [0.4, 0.5) is 8.78 Å². The van der Waals surface area contributed by atoms with Crippen LogP contribution in [-0.2, 0) is 11.8 Å². The highest BCUT2D eigenvalue weighted by molar-refractivity contribution is 9.08. The van der Waals surface area contributed by atoms with Crippen LogP contribution in [0.3, 0.4) is 0 Å². The van der Waals surface area contributed by atoms with Crippen LogP contribution >= 0.6 is 15.9 Å². The second-order valence-electron chi connectivity index (χ2n) is 2.55. The molecule has 0 aromatic heterocycles. The van der Waals surface area contributed by atoms with Crippen LogP contribution in [0.25, 0.3) is 0 Å². The van der Waals surface area contributed by atoms with E-state index in [4.69, 9.17) is 0 Å². The molecular weight excluding hydrogens is 226 g/mol. The maximum atomic E-state index is 11.9. The maximum Gasteiger partial charge on any atom is 0.242 e. The van der Waals surface area contributed by atoms with Gasteiger partial charge in [-0.05, 0) is 11.1 Å². The van der Waals surface area contributed by atoms with E-state index in [-0.39, 0.29) is 6.42 Å². The Morgan fingerprint density at radius 2 is 1.58 bits per heavy atom. The highest BCUT2D eigenvalue weighted by atomic mass is 79.9. The molecule has 12 heavy (non-hydrogen) atoms. The zero-order valence-electron chi connectivity index (χ0n) is 6.43. The molecule has 0 aliphatic carbocycles. The Morgan fingerprint density at radius 3 is 2.00 bits per heavy atom. The summed E-state index contributed by atoms with van der Waals surface area (Å²) in [6.45, 7) is 0. The van der Waals surface area contributed by atoms with Gasteiger partial charge in [-0.1, -0.05) is 40.2 Å². The van der Waals surface area contributed by atoms with E-state index in [9.17, 15) is 8.78 Å². The van der Waals surface area contributed by atoms with Gasteiger partial charge in [-0.25, -0.2) is 8.78 Å². The summed E-state index contributed by atoms with van der Waals surface area (Å²) in [7, 11) is 0. The van der Waals surface area contributed by atoms with Crippen LogP contribution in [0, 0.1) is 0 Å². The summed E-state index contributed by atoms with van der Waals surface area (Å²) in [4.78, 5) is 0. The van der Waals surface area contributed by atoms with Crippen LogP contribution in [0.5, 0.6) is 0 Å². The molecule has 0 saturated heterocycles. The molecule has 0 atom stereocenters. The third kappa shape index (κ3) is 2.89. The Kier molecular flexibility index (Phi) is 3.66. The Hall–Kier alpha value is -0.440. The lowest BCUT2D eigenvalue weighted by molar-refractivity contribution is 0.149. The molecule has 1 aromatic rings. The minimum absolute atomic E-state index is 0.150. The van der Waals surface area contributed by atoms with Gasteiger partial charge in [-0.2, -0.15) is 0 Å². The summed E-state index contributed by atoms with van der Waals surface area (Å²) in [5, 5.41) is 0.766. The summed E-state index contributed by atoms with van der Waals surface area (Å²) in [5.74, 6) is 0. The monoisotopic (exact) mass is 234 g/mol. The van der Waals surface area contributed by atoms with Gasteiger partial charge in [0.15, 0.2) is 0 Å². The van der Waals surface area contributed by atoms with Gasteiger partial charge >= 0.3 is 0 Å². The smallest absolute Gasteiger partial charge is 0.210 e. The van der Waals surface area contributed by atoms with Gasteiger partial charge in [0.1, 0.15) is 0 Å². The first-order chi connectivity index (χ1) is 5.72. The van der Waals surface area contributed by atoms with Gasteiger partial charge in [-0.3, -0.25) is 0 Å². The molecule has 66 valence electrons. The van der Waals surface area contributed by atoms with E-state index in [1.54, 1.807) is 12.1 Å². The molecule has 0 unspecified atom stereocenters. The zero-order chi connectivity index (χ0) is 8.97. The van der Waals surface area contributed by atoms with E-state index in [0.29, 0.717) is 5.56 Å². The molecule has 1 aromatic carbocycles. The minimum atomic E-state index is -2.25. The van der Waals surface area contributed by atoms with Gasteiger partial charge in [0, 0.05) is 11.8 Å². The van der Waals surface area contributed by atoms with Gasteiger partial charge in [0.05, 0.1) is 0 Å². The number of halogens is 3. The molecule has 0 spiro atoms. The zero-order valence-corrected chi connectivity index (χ0v) is 8.02. The number of rotatable bonds is 3. The molecule has 0 nitrogen and oxygen atoms in total. The first-order valence-corrected chi connectivity index (χ1v) is 4.76. The van der Waals surface area contributed by atoms with Crippen molar-refractivity contribution in [2.75, 3.05) is 0 Å². The lowest BCUT2D eigenvalue weighted by Crippen LogP contribution is -1.96. The molecule has 3 heteroatoms. The van der Waals surface area contributed by atoms with Crippen molar-refractivity contribution in [2.45, 2.75) is 18.2 Å². The molecule has 0 radical (unpaired) electrons. The van der Waals surface area contributed by atoms with Crippen LogP contribution in [0.1, 0.15) is 11.1 Å². The van der Waals surface area contributed by atoms with Crippen molar-refractivity contribution in [1.29, 1.82) is 0 Å². The van der Waals surface area contributed by atoms with Crippen LogP contribution in [-0.4, -0.2) is 6.43 Å². The Bertz CT molecular complexity index is 231. The minimum Gasteiger partial charge on any atom is -0.210 e. The summed E-state index contributed by atoms with van der Waals surface area (Å²) >= 11 is 3.28. The lowest BCUT2D eigenvalue weighted by atomic mass is 10.1. The number of alkyl halides is 3. The van der Waals surface area contributed by atoms with Crippen LogP contribution < -0.4 is 0 Å². The quantitative estimate of drug-likeness (QED) is 0.704.